The molecule has 0 amide bonds. The zero-order chi connectivity index (χ0) is 30.7. The number of nitrogens with zero attached hydrogens (tertiary/aromatic N) is 6. The van der Waals surface area contributed by atoms with Crippen LogP contribution in [-0.4, -0.2) is 89.1 Å². The van der Waals surface area contributed by atoms with Crippen LogP contribution in [0, 0.1) is 0 Å². The van der Waals surface area contributed by atoms with Gasteiger partial charge in [0.25, 0.3) is 0 Å². The van der Waals surface area contributed by atoms with Gasteiger partial charge in [-0.1, -0.05) is 55.2 Å². The number of aromatic nitrogens is 3. The van der Waals surface area contributed by atoms with E-state index >= 15 is 0 Å². The zero-order valence-corrected chi connectivity index (χ0v) is 26.9. The maximum atomic E-state index is 12.0. The van der Waals surface area contributed by atoms with Gasteiger partial charge in [0.05, 0.1) is 33.1 Å². The third kappa shape index (κ3) is 6.92. The SMILES string of the molecule is CC.CN1CCN(C2CCN(c3ccc(Nc4ncc(Cl)c(-c5cn(S(=O)(=O)O)c6ccccc56)n4)cc3Cl)CC2)CC1. The number of piperazine rings is 1. The number of hydrogen-bond donors (Lipinski definition) is 2. The molecule has 10 nitrogen and oxygen atoms in total. The van der Waals surface area contributed by atoms with Crippen molar-refractivity contribution in [3.05, 3.63) is 64.9 Å². The number of nitrogens with one attached hydrogen (secondary N) is 1. The fourth-order valence-electron chi connectivity index (χ4n) is 5.77. The van der Waals surface area contributed by atoms with Gasteiger partial charge in [-0.05, 0) is 44.2 Å². The molecule has 0 saturated carbocycles. The molecule has 0 aliphatic carbocycles. The molecule has 2 aromatic carbocycles. The average molecular weight is 647 g/mol. The predicted molar refractivity (Wildman–Crippen MR) is 175 cm³/mol. The zero-order valence-electron chi connectivity index (χ0n) is 24.5. The van der Waals surface area contributed by atoms with E-state index in [2.05, 4.69) is 37.0 Å². The van der Waals surface area contributed by atoms with Crippen molar-refractivity contribution in [1.29, 1.82) is 0 Å². The molecule has 13 heteroatoms. The van der Waals surface area contributed by atoms with Crippen LogP contribution in [0.1, 0.15) is 26.7 Å². The van der Waals surface area contributed by atoms with Gasteiger partial charge in [0.15, 0.2) is 0 Å². The summed E-state index contributed by atoms with van der Waals surface area (Å²) in [7, 11) is -2.34. The highest BCUT2D eigenvalue weighted by Crippen LogP contribution is 2.36. The first kappa shape index (κ1) is 31.5. The standard InChI is InChI=1S/C28H31Cl2N7O3S.C2H6/c1-34-12-14-35(15-13-34)20-8-10-36(11-9-20)26-7-6-19(16-23(26)29)32-28-31-17-24(30)27(33-28)22-18-37(41(38,39)40)25-5-3-2-4-21(22)25;1-2/h2-7,16-18,20H,8-15H2,1H3,(H,31,32,33)(H,38,39,40);1-2H3. The first-order valence-corrected chi connectivity index (χ1v) is 16.7. The molecule has 4 aromatic rings. The van der Waals surface area contributed by atoms with Crippen LogP contribution >= 0.6 is 23.2 Å². The maximum Gasteiger partial charge on any atom is 0.363 e. The summed E-state index contributed by atoms with van der Waals surface area (Å²) < 4.78 is 34.5. The molecule has 0 atom stereocenters. The highest BCUT2D eigenvalue weighted by molar-refractivity contribution is 7.84. The largest absolute Gasteiger partial charge is 0.370 e. The third-order valence-electron chi connectivity index (χ3n) is 7.99. The first-order valence-electron chi connectivity index (χ1n) is 14.5. The molecule has 2 aliphatic rings. The van der Waals surface area contributed by atoms with Crippen LogP contribution in [0.4, 0.5) is 17.3 Å². The van der Waals surface area contributed by atoms with Gasteiger partial charge < -0.3 is 15.1 Å². The van der Waals surface area contributed by atoms with E-state index in [4.69, 9.17) is 23.2 Å². The summed E-state index contributed by atoms with van der Waals surface area (Å²) >= 11 is 13.2. The molecule has 2 aromatic heterocycles. The van der Waals surface area contributed by atoms with Gasteiger partial charge in [0.2, 0.25) is 5.95 Å². The number of hydrogen-bond acceptors (Lipinski definition) is 8. The Hall–Kier alpha value is -2.93. The minimum atomic E-state index is -4.53. The lowest BCUT2D eigenvalue weighted by Gasteiger charge is -2.42. The number of rotatable bonds is 6. The highest BCUT2D eigenvalue weighted by atomic mass is 35.5. The van der Waals surface area contributed by atoms with E-state index in [-0.39, 0.29) is 11.0 Å². The Morgan fingerprint density at radius 2 is 1.65 bits per heavy atom. The molecule has 43 heavy (non-hydrogen) atoms. The van der Waals surface area contributed by atoms with Crippen molar-refractivity contribution >= 4 is 61.7 Å². The number of para-hydroxylation sites is 1. The summed E-state index contributed by atoms with van der Waals surface area (Å²) in [5, 5.41) is 4.63. The summed E-state index contributed by atoms with van der Waals surface area (Å²) in [6, 6.07) is 13.2. The Morgan fingerprint density at radius 1 is 0.953 bits per heavy atom. The number of likely N-dealkylation sites (N-methyl/N-ethyl adjacent to an activating group) is 1. The van der Waals surface area contributed by atoms with E-state index in [0.717, 1.165) is 61.8 Å². The van der Waals surface area contributed by atoms with Gasteiger partial charge in [0.1, 0.15) is 0 Å². The van der Waals surface area contributed by atoms with E-state index < -0.39 is 10.3 Å². The summed E-state index contributed by atoms with van der Waals surface area (Å²) in [5.74, 6) is 0.268. The number of anilines is 3. The van der Waals surface area contributed by atoms with Gasteiger partial charge in [-0.15, -0.1) is 0 Å². The fourth-order valence-corrected chi connectivity index (χ4v) is 6.91. The number of benzene rings is 2. The number of fused-ring (bicyclic) bond motifs is 1. The average Bonchev–Trinajstić information content (AvgIpc) is 3.40. The lowest BCUT2D eigenvalue weighted by molar-refractivity contribution is 0.0982. The van der Waals surface area contributed by atoms with Crippen LogP contribution < -0.4 is 10.2 Å². The Balaban J connectivity index is 0.00000180. The van der Waals surface area contributed by atoms with Crippen molar-refractivity contribution in [2.75, 3.05) is 56.5 Å². The van der Waals surface area contributed by atoms with E-state index in [9.17, 15) is 13.0 Å². The third-order valence-corrected chi connectivity index (χ3v) is 9.37. The Kier molecular flexibility index (Phi) is 9.79. The van der Waals surface area contributed by atoms with Crippen molar-refractivity contribution in [2.45, 2.75) is 32.7 Å². The predicted octanol–water partition coefficient (Wildman–Crippen LogP) is 6.04. The van der Waals surface area contributed by atoms with Crippen LogP contribution in [0.15, 0.2) is 54.9 Å². The van der Waals surface area contributed by atoms with Gasteiger partial charge in [-0.2, -0.15) is 8.42 Å². The van der Waals surface area contributed by atoms with E-state index in [1.54, 1.807) is 24.3 Å². The van der Waals surface area contributed by atoms with E-state index in [1.165, 1.54) is 12.4 Å². The second-order valence-corrected chi connectivity index (χ2v) is 12.7. The first-order chi connectivity index (χ1) is 20.7. The van der Waals surface area contributed by atoms with Crippen LogP contribution in [0.3, 0.4) is 0 Å². The maximum absolute atomic E-state index is 12.0. The molecular formula is C30H37Cl2N7O3S. The van der Waals surface area contributed by atoms with Crippen LogP contribution in [0.25, 0.3) is 22.2 Å². The van der Waals surface area contributed by atoms with Crippen molar-refractivity contribution < 1.29 is 13.0 Å². The molecule has 0 unspecified atom stereocenters. The second kappa shape index (κ2) is 13.4. The molecule has 0 bridgehead atoms. The van der Waals surface area contributed by atoms with Crippen molar-refractivity contribution in [3.8, 4) is 11.3 Å². The van der Waals surface area contributed by atoms with Crippen LogP contribution in [0.5, 0.6) is 0 Å². The van der Waals surface area contributed by atoms with Gasteiger partial charge in [-0.3, -0.25) is 9.45 Å². The van der Waals surface area contributed by atoms with Crippen molar-refractivity contribution in [2.24, 2.45) is 0 Å². The minimum Gasteiger partial charge on any atom is -0.370 e. The van der Waals surface area contributed by atoms with Crippen molar-refractivity contribution in [1.82, 2.24) is 23.7 Å². The monoisotopic (exact) mass is 645 g/mol. The summed E-state index contributed by atoms with van der Waals surface area (Å²) in [4.78, 5) is 16.3. The molecule has 0 radical (unpaired) electrons. The molecule has 230 valence electrons. The normalized spacial score (nSPS) is 17.1. The quantitative estimate of drug-likeness (QED) is 0.243. The lowest BCUT2D eigenvalue weighted by Crippen LogP contribution is -2.52. The number of halogens is 2. The fraction of sp³-hybridized carbons (Fsp3) is 0.400. The smallest absolute Gasteiger partial charge is 0.363 e. The molecular weight excluding hydrogens is 609 g/mol. The second-order valence-electron chi connectivity index (χ2n) is 10.6. The Bertz CT molecular complexity index is 1680. The summed E-state index contributed by atoms with van der Waals surface area (Å²) in [6.07, 6.45) is 4.99. The van der Waals surface area contributed by atoms with Crippen LogP contribution in [-0.2, 0) is 10.3 Å². The summed E-state index contributed by atoms with van der Waals surface area (Å²) in [6.45, 7) is 10.5. The number of piperidine rings is 1. The van der Waals surface area contributed by atoms with E-state index in [0.29, 0.717) is 38.9 Å². The molecule has 2 aliphatic heterocycles. The van der Waals surface area contributed by atoms with Gasteiger partial charge >= 0.3 is 10.3 Å². The van der Waals surface area contributed by atoms with Crippen LogP contribution in [0.2, 0.25) is 10.0 Å². The summed E-state index contributed by atoms with van der Waals surface area (Å²) in [5.41, 5.74) is 2.80. The molecule has 6 rings (SSSR count). The van der Waals surface area contributed by atoms with Gasteiger partial charge in [-0.25, -0.2) is 13.9 Å². The highest BCUT2D eigenvalue weighted by Gasteiger charge is 2.27. The molecule has 2 fully saturated rings. The van der Waals surface area contributed by atoms with Crippen molar-refractivity contribution in [3.63, 3.8) is 0 Å². The van der Waals surface area contributed by atoms with Gasteiger partial charge in [0, 0.05) is 68.1 Å². The van der Waals surface area contributed by atoms with E-state index in [1.807, 2.05) is 32.0 Å². The Labute approximate surface area is 263 Å². The molecule has 2 saturated heterocycles. The topological polar surface area (TPSA) is 107 Å². The molecule has 0 spiro atoms. The Morgan fingerprint density at radius 3 is 2.33 bits per heavy atom. The lowest BCUT2D eigenvalue weighted by atomic mass is 10.0. The molecule has 2 N–H and O–H groups in total. The molecule has 4 heterocycles. The minimum absolute atomic E-state index is 0.238.